The van der Waals surface area contributed by atoms with Crippen LogP contribution in [0.25, 0.3) is 0 Å². The van der Waals surface area contributed by atoms with E-state index in [0.29, 0.717) is 12.8 Å². The van der Waals surface area contributed by atoms with Gasteiger partial charge in [-0.2, -0.15) is 0 Å². The van der Waals surface area contributed by atoms with Gasteiger partial charge in [0, 0.05) is 6.42 Å². The second-order valence-electron chi connectivity index (χ2n) is 4.42. The maximum Gasteiger partial charge on any atom is 0.306 e. The van der Waals surface area contributed by atoms with Crippen LogP contribution >= 0.6 is 0 Å². The predicted octanol–water partition coefficient (Wildman–Crippen LogP) is 1.77. The molecule has 0 aliphatic heterocycles. The third kappa shape index (κ3) is 4.81. The summed E-state index contributed by atoms with van der Waals surface area (Å²) in [5.41, 5.74) is -0.263. The average molecular weight is 216 g/mol. The molecule has 15 heavy (non-hydrogen) atoms. The van der Waals surface area contributed by atoms with Crippen LogP contribution in [0.4, 0.5) is 0 Å². The van der Waals surface area contributed by atoms with Gasteiger partial charge in [-0.25, -0.2) is 0 Å². The van der Waals surface area contributed by atoms with Gasteiger partial charge in [-0.15, -0.1) is 0 Å². The lowest BCUT2D eigenvalue weighted by Crippen LogP contribution is -2.27. The monoisotopic (exact) mass is 216 g/mol. The molecule has 0 spiro atoms. The van der Waals surface area contributed by atoms with Crippen LogP contribution in [-0.4, -0.2) is 26.2 Å². The number of hydrogen-bond acceptors (Lipinski definition) is 4. The van der Waals surface area contributed by atoms with Crippen LogP contribution in [0, 0.1) is 11.3 Å². The number of carbonyl (C=O) groups excluding carboxylic acids is 2. The lowest BCUT2D eigenvalue weighted by molar-refractivity contribution is -0.147. The van der Waals surface area contributed by atoms with Gasteiger partial charge in [0.15, 0.2) is 0 Å². The number of ether oxygens (including phenoxy) is 2. The standard InChI is InChI=1S/C11H20O4/c1-8(6-9(12)14-4)11(2,3)7-10(13)15-5/h8H,6-7H2,1-5H3. The molecular weight excluding hydrogens is 196 g/mol. The van der Waals surface area contributed by atoms with Gasteiger partial charge in [0.25, 0.3) is 0 Å². The largest absolute Gasteiger partial charge is 0.469 e. The van der Waals surface area contributed by atoms with Gasteiger partial charge in [0.05, 0.1) is 20.6 Å². The summed E-state index contributed by atoms with van der Waals surface area (Å²) in [5, 5.41) is 0. The molecule has 1 atom stereocenters. The average Bonchev–Trinajstić information content (AvgIpc) is 2.16. The van der Waals surface area contributed by atoms with Crippen LogP contribution in [-0.2, 0) is 19.1 Å². The molecule has 0 saturated heterocycles. The normalized spacial score (nSPS) is 13.1. The Balaban J connectivity index is 4.31. The highest BCUT2D eigenvalue weighted by Gasteiger charge is 2.30. The first-order chi connectivity index (χ1) is 6.83. The summed E-state index contributed by atoms with van der Waals surface area (Å²) in [6.07, 6.45) is 0.627. The fourth-order valence-corrected chi connectivity index (χ4v) is 1.23. The lowest BCUT2D eigenvalue weighted by Gasteiger charge is -2.29. The quantitative estimate of drug-likeness (QED) is 0.657. The Morgan fingerprint density at radius 1 is 1.13 bits per heavy atom. The highest BCUT2D eigenvalue weighted by Crippen LogP contribution is 2.33. The molecular formula is C11H20O4. The van der Waals surface area contributed by atoms with E-state index in [4.69, 9.17) is 0 Å². The van der Waals surface area contributed by atoms with Crippen molar-refractivity contribution >= 4 is 11.9 Å². The maximum atomic E-state index is 11.1. The first kappa shape index (κ1) is 13.9. The van der Waals surface area contributed by atoms with E-state index >= 15 is 0 Å². The van der Waals surface area contributed by atoms with Crippen LogP contribution in [0.3, 0.4) is 0 Å². The van der Waals surface area contributed by atoms with E-state index in [9.17, 15) is 9.59 Å². The molecule has 0 aromatic carbocycles. The molecule has 1 unspecified atom stereocenters. The van der Waals surface area contributed by atoms with Crippen LogP contribution in [0.5, 0.6) is 0 Å². The molecule has 0 aromatic rings. The fraction of sp³-hybridized carbons (Fsp3) is 0.818. The Kier molecular flexibility index (Phi) is 5.33. The van der Waals surface area contributed by atoms with E-state index in [1.807, 2.05) is 20.8 Å². The van der Waals surface area contributed by atoms with E-state index in [-0.39, 0.29) is 23.3 Å². The molecule has 0 amide bonds. The predicted molar refractivity (Wildman–Crippen MR) is 56.2 cm³/mol. The van der Waals surface area contributed by atoms with Gasteiger partial charge in [0.1, 0.15) is 0 Å². The van der Waals surface area contributed by atoms with Crippen molar-refractivity contribution in [1.82, 2.24) is 0 Å². The van der Waals surface area contributed by atoms with Crippen molar-refractivity contribution in [2.24, 2.45) is 11.3 Å². The van der Waals surface area contributed by atoms with Gasteiger partial charge in [-0.05, 0) is 11.3 Å². The number of rotatable bonds is 5. The minimum atomic E-state index is -0.263. The molecule has 0 radical (unpaired) electrons. The van der Waals surface area contributed by atoms with E-state index in [2.05, 4.69) is 9.47 Å². The summed E-state index contributed by atoms with van der Waals surface area (Å²) in [5.74, 6) is -0.429. The summed E-state index contributed by atoms with van der Waals surface area (Å²) < 4.78 is 9.20. The topological polar surface area (TPSA) is 52.6 Å². The molecule has 0 rings (SSSR count). The van der Waals surface area contributed by atoms with Crippen LogP contribution in [0.1, 0.15) is 33.6 Å². The second-order valence-corrected chi connectivity index (χ2v) is 4.42. The van der Waals surface area contributed by atoms with Crippen molar-refractivity contribution < 1.29 is 19.1 Å². The zero-order valence-electron chi connectivity index (χ0n) is 10.1. The molecule has 0 aliphatic carbocycles. The van der Waals surface area contributed by atoms with Gasteiger partial charge in [-0.3, -0.25) is 9.59 Å². The number of carbonyl (C=O) groups is 2. The molecule has 0 saturated carbocycles. The van der Waals surface area contributed by atoms with E-state index in [1.54, 1.807) is 0 Å². The summed E-state index contributed by atoms with van der Waals surface area (Å²) in [6, 6.07) is 0. The molecule has 88 valence electrons. The van der Waals surface area contributed by atoms with Gasteiger partial charge in [-0.1, -0.05) is 20.8 Å². The van der Waals surface area contributed by atoms with Crippen molar-refractivity contribution in [3.8, 4) is 0 Å². The zero-order valence-corrected chi connectivity index (χ0v) is 10.1. The highest BCUT2D eigenvalue weighted by molar-refractivity contribution is 5.71. The van der Waals surface area contributed by atoms with Crippen molar-refractivity contribution in [3.63, 3.8) is 0 Å². The molecule has 0 N–H and O–H groups in total. The molecule has 0 aromatic heterocycles. The summed E-state index contributed by atoms with van der Waals surface area (Å²) in [4.78, 5) is 22.2. The Morgan fingerprint density at radius 2 is 1.60 bits per heavy atom. The molecule has 0 bridgehead atoms. The SMILES string of the molecule is COC(=O)CC(C)C(C)(C)CC(=O)OC. The minimum absolute atomic E-state index is 0.0732. The summed E-state index contributed by atoms with van der Waals surface area (Å²) >= 11 is 0. The van der Waals surface area contributed by atoms with Gasteiger partial charge >= 0.3 is 11.9 Å². The molecule has 0 fully saturated rings. The molecule has 0 heterocycles. The number of esters is 2. The Morgan fingerprint density at radius 3 is 2.00 bits per heavy atom. The Bertz CT molecular complexity index is 233. The smallest absolute Gasteiger partial charge is 0.306 e. The van der Waals surface area contributed by atoms with Gasteiger partial charge < -0.3 is 9.47 Å². The number of methoxy groups -OCH3 is 2. The van der Waals surface area contributed by atoms with Crippen molar-refractivity contribution in [2.45, 2.75) is 33.6 Å². The Hall–Kier alpha value is -1.06. The van der Waals surface area contributed by atoms with Crippen LogP contribution in [0.15, 0.2) is 0 Å². The van der Waals surface area contributed by atoms with E-state index in [1.165, 1.54) is 14.2 Å². The molecule has 4 heteroatoms. The van der Waals surface area contributed by atoms with Crippen LogP contribution in [0.2, 0.25) is 0 Å². The second kappa shape index (κ2) is 5.73. The van der Waals surface area contributed by atoms with Crippen molar-refractivity contribution in [2.75, 3.05) is 14.2 Å². The van der Waals surface area contributed by atoms with E-state index < -0.39 is 0 Å². The number of hydrogen-bond donors (Lipinski definition) is 0. The molecule has 0 aliphatic rings. The van der Waals surface area contributed by atoms with Crippen molar-refractivity contribution in [3.05, 3.63) is 0 Å². The third-order valence-electron chi connectivity index (χ3n) is 2.86. The highest BCUT2D eigenvalue weighted by atomic mass is 16.5. The zero-order chi connectivity index (χ0) is 12.1. The lowest BCUT2D eigenvalue weighted by atomic mass is 9.75. The minimum Gasteiger partial charge on any atom is -0.469 e. The summed E-state index contributed by atoms with van der Waals surface area (Å²) in [7, 11) is 2.73. The fourth-order valence-electron chi connectivity index (χ4n) is 1.23. The first-order valence-electron chi connectivity index (χ1n) is 4.97. The Labute approximate surface area is 90.9 Å². The van der Waals surface area contributed by atoms with Crippen LogP contribution < -0.4 is 0 Å². The van der Waals surface area contributed by atoms with E-state index in [0.717, 1.165) is 0 Å². The first-order valence-corrected chi connectivity index (χ1v) is 4.97. The molecule has 4 nitrogen and oxygen atoms in total. The summed E-state index contributed by atoms with van der Waals surface area (Å²) in [6.45, 7) is 5.81. The third-order valence-corrected chi connectivity index (χ3v) is 2.86. The van der Waals surface area contributed by atoms with Crippen molar-refractivity contribution in [1.29, 1.82) is 0 Å². The van der Waals surface area contributed by atoms with Gasteiger partial charge in [0.2, 0.25) is 0 Å². The maximum absolute atomic E-state index is 11.1.